The topological polar surface area (TPSA) is 147 Å². The van der Waals surface area contributed by atoms with Crippen LogP contribution in [0.2, 0.25) is 0 Å². The van der Waals surface area contributed by atoms with Gasteiger partial charge in [0.15, 0.2) is 0 Å². The molecule has 0 aliphatic carbocycles. The third-order valence-corrected chi connectivity index (χ3v) is 2.75. The van der Waals surface area contributed by atoms with Crippen LogP contribution >= 0.6 is 0 Å². The first-order valence-electron chi connectivity index (χ1n) is 6.61. The first kappa shape index (κ1) is 19.8. The van der Waals surface area contributed by atoms with Gasteiger partial charge in [0.1, 0.15) is 18.3 Å². The number of rotatable bonds is 8. The highest BCUT2D eigenvalue weighted by molar-refractivity contribution is 5.08. The molecule has 0 amide bonds. The van der Waals surface area contributed by atoms with E-state index < -0.39 is 24.9 Å². The summed E-state index contributed by atoms with van der Waals surface area (Å²) in [5, 5.41) is 53.1. The van der Waals surface area contributed by atoms with Crippen LogP contribution in [0.1, 0.15) is 30.3 Å². The van der Waals surface area contributed by atoms with Crippen molar-refractivity contribution < 1.29 is 30.6 Å². The van der Waals surface area contributed by atoms with E-state index in [1.54, 1.807) is 6.20 Å². The van der Waals surface area contributed by atoms with Gasteiger partial charge >= 0.3 is 0 Å². The number of aliphatic hydroxyl groups is 6. The Labute approximate surface area is 123 Å². The average molecular weight is 304 g/mol. The van der Waals surface area contributed by atoms with Crippen LogP contribution in [0.15, 0.2) is 12.4 Å². The lowest BCUT2D eigenvalue weighted by Gasteiger charge is -2.21. The van der Waals surface area contributed by atoms with Crippen LogP contribution < -0.4 is 0 Å². The van der Waals surface area contributed by atoms with Crippen LogP contribution in [-0.4, -0.2) is 73.1 Å². The highest BCUT2D eigenvalue weighted by atomic mass is 16.4. The Morgan fingerprint density at radius 2 is 1.71 bits per heavy atom. The van der Waals surface area contributed by atoms with Crippen molar-refractivity contribution in [3.8, 4) is 0 Å². The van der Waals surface area contributed by atoms with Gasteiger partial charge < -0.3 is 30.6 Å². The minimum Gasteiger partial charge on any atom is -0.400 e. The van der Waals surface area contributed by atoms with Crippen molar-refractivity contribution in [1.29, 1.82) is 0 Å². The first-order valence-corrected chi connectivity index (χ1v) is 6.61. The maximum Gasteiger partial charge on any atom is 0.126 e. The van der Waals surface area contributed by atoms with Gasteiger partial charge in [-0.3, -0.25) is 9.97 Å². The third-order valence-electron chi connectivity index (χ3n) is 2.75. The van der Waals surface area contributed by atoms with Gasteiger partial charge in [-0.05, 0) is 19.3 Å². The normalized spacial score (nSPS) is 14.8. The van der Waals surface area contributed by atoms with Crippen molar-refractivity contribution in [3.63, 3.8) is 0 Å². The zero-order valence-corrected chi connectivity index (χ0v) is 12.0. The Morgan fingerprint density at radius 3 is 2.29 bits per heavy atom. The number of aliphatic hydroxyl groups excluding tert-OH is 6. The fourth-order valence-corrected chi connectivity index (χ4v) is 1.60. The fraction of sp³-hybridized carbons (Fsp3) is 0.692. The van der Waals surface area contributed by atoms with Crippen LogP contribution in [0.25, 0.3) is 0 Å². The number of nitrogens with zero attached hydrogens (tertiary/aromatic N) is 2. The molecule has 0 bridgehead atoms. The van der Waals surface area contributed by atoms with E-state index in [-0.39, 0.29) is 12.3 Å². The molecule has 0 aliphatic heterocycles. The van der Waals surface area contributed by atoms with Gasteiger partial charge in [-0.25, -0.2) is 0 Å². The molecule has 0 radical (unpaired) electrons. The predicted molar refractivity (Wildman–Crippen MR) is 74.3 cm³/mol. The molecule has 0 fully saturated rings. The molecule has 0 spiro atoms. The summed E-state index contributed by atoms with van der Waals surface area (Å²) < 4.78 is 0. The minimum absolute atomic E-state index is 0.108. The molecule has 1 rings (SSSR count). The van der Waals surface area contributed by atoms with Crippen molar-refractivity contribution >= 4 is 0 Å². The summed E-state index contributed by atoms with van der Waals surface area (Å²) in [6, 6.07) is 0. The second kappa shape index (κ2) is 11.5. The lowest BCUT2D eigenvalue weighted by molar-refractivity contribution is -0.0790. The lowest BCUT2D eigenvalue weighted by Crippen LogP contribution is -2.35. The van der Waals surface area contributed by atoms with Gasteiger partial charge in [-0.1, -0.05) is 0 Å². The summed E-state index contributed by atoms with van der Waals surface area (Å²) >= 11 is 0. The lowest BCUT2D eigenvalue weighted by atomic mass is 10.1. The Hall–Kier alpha value is -1.16. The summed E-state index contributed by atoms with van der Waals surface area (Å²) in [6.45, 7) is -0.543. The molecule has 0 saturated heterocycles. The monoisotopic (exact) mass is 304 g/mol. The van der Waals surface area contributed by atoms with E-state index >= 15 is 0 Å². The summed E-state index contributed by atoms with van der Waals surface area (Å²) in [4.78, 5) is 8.05. The Balaban J connectivity index is 0.00000191. The van der Waals surface area contributed by atoms with Gasteiger partial charge in [-0.15, -0.1) is 0 Å². The SMILES string of the molecule is CO.OCCCCc1cncc(C(O)C(O)C(O)CO)n1. The van der Waals surface area contributed by atoms with Crippen LogP contribution in [0.3, 0.4) is 0 Å². The number of unbranched alkanes of at least 4 members (excludes halogenated alkanes) is 1. The number of hydrogen-bond donors (Lipinski definition) is 6. The molecule has 8 nitrogen and oxygen atoms in total. The van der Waals surface area contributed by atoms with Gasteiger partial charge in [0.2, 0.25) is 0 Å². The summed E-state index contributed by atoms with van der Waals surface area (Å²) in [7, 11) is 1.00. The molecule has 21 heavy (non-hydrogen) atoms. The largest absolute Gasteiger partial charge is 0.400 e. The molecular formula is C13H24N2O6. The quantitative estimate of drug-likeness (QED) is 0.307. The maximum absolute atomic E-state index is 9.82. The van der Waals surface area contributed by atoms with Crippen LogP contribution in [0.4, 0.5) is 0 Å². The molecule has 3 atom stereocenters. The second-order valence-corrected chi connectivity index (χ2v) is 4.30. The van der Waals surface area contributed by atoms with Gasteiger partial charge in [-0.2, -0.15) is 0 Å². The van der Waals surface area contributed by atoms with Crippen LogP contribution in [-0.2, 0) is 6.42 Å². The molecule has 0 aliphatic rings. The smallest absolute Gasteiger partial charge is 0.126 e. The molecular weight excluding hydrogens is 280 g/mol. The second-order valence-electron chi connectivity index (χ2n) is 4.30. The average Bonchev–Trinajstić information content (AvgIpc) is 2.55. The minimum atomic E-state index is -1.52. The van der Waals surface area contributed by atoms with E-state index in [4.69, 9.17) is 15.3 Å². The van der Waals surface area contributed by atoms with Gasteiger partial charge in [0.25, 0.3) is 0 Å². The third kappa shape index (κ3) is 6.89. The van der Waals surface area contributed by atoms with E-state index in [0.29, 0.717) is 18.5 Å². The zero-order chi connectivity index (χ0) is 16.3. The molecule has 1 aromatic heterocycles. The summed E-state index contributed by atoms with van der Waals surface area (Å²) in [5.74, 6) is 0. The van der Waals surface area contributed by atoms with Crippen molar-refractivity contribution in [2.45, 2.75) is 37.6 Å². The fourth-order valence-electron chi connectivity index (χ4n) is 1.60. The molecule has 122 valence electrons. The van der Waals surface area contributed by atoms with Crippen LogP contribution in [0.5, 0.6) is 0 Å². The van der Waals surface area contributed by atoms with E-state index in [1.807, 2.05) is 0 Å². The number of aromatic nitrogens is 2. The Morgan fingerprint density at radius 1 is 1.05 bits per heavy atom. The van der Waals surface area contributed by atoms with Crippen molar-refractivity contribution in [2.24, 2.45) is 0 Å². The van der Waals surface area contributed by atoms with E-state index in [0.717, 1.165) is 13.5 Å². The summed E-state index contributed by atoms with van der Waals surface area (Å²) in [5.41, 5.74) is 0.775. The highest BCUT2D eigenvalue weighted by Gasteiger charge is 2.26. The van der Waals surface area contributed by atoms with E-state index in [2.05, 4.69) is 9.97 Å². The molecule has 3 unspecified atom stereocenters. The Kier molecular flexibility index (Phi) is 10.9. The van der Waals surface area contributed by atoms with Crippen LogP contribution in [0, 0.1) is 0 Å². The van der Waals surface area contributed by atoms with E-state index in [9.17, 15) is 15.3 Å². The predicted octanol–water partition coefficient (Wildman–Crippen LogP) is -1.85. The Bertz CT molecular complexity index is 379. The van der Waals surface area contributed by atoms with Crippen molar-refractivity contribution in [3.05, 3.63) is 23.8 Å². The number of hydrogen-bond acceptors (Lipinski definition) is 8. The van der Waals surface area contributed by atoms with E-state index in [1.165, 1.54) is 6.20 Å². The highest BCUT2D eigenvalue weighted by Crippen LogP contribution is 2.17. The first-order chi connectivity index (χ1) is 10.1. The maximum atomic E-state index is 9.82. The molecule has 1 heterocycles. The van der Waals surface area contributed by atoms with Crippen molar-refractivity contribution in [2.75, 3.05) is 20.3 Å². The standard InChI is InChI=1S/C12H20N2O5.CH4O/c15-4-2-1-3-8-5-13-6-9(14-8)11(18)12(19)10(17)7-16;1-2/h5-6,10-12,15-19H,1-4,7H2;2H,1H3. The van der Waals surface area contributed by atoms with Crippen molar-refractivity contribution in [1.82, 2.24) is 9.97 Å². The molecule has 0 saturated carbocycles. The summed E-state index contributed by atoms with van der Waals surface area (Å²) in [6.07, 6.45) is 0.476. The molecule has 8 heteroatoms. The molecule has 6 N–H and O–H groups in total. The van der Waals surface area contributed by atoms with Gasteiger partial charge in [0.05, 0.1) is 24.2 Å². The number of aryl methyl sites for hydroxylation is 1. The van der Waals surface area contributed by atoms with Gasteiger partial charge in [0, 0.05) is 19.9 Å². The molecule has 1 aromatic rings. The molecule has 0 aromatic carbocycles. The zero-order valence-electron chi connectivity index (χ0n) is 12.0.